The number of hydrogen-bond donors (Lipinski definition) is 0. The zero-order chi connectivity index (χ0) is 21.6. The fraction of sp³-hybridized carbons (Fsp3) is 0.238. The average Bonchev–Trinajstić information content (AvgIpc) is 3.20. The lowest BCUT2D eigenvalue weighted by Gasteiger charge is -2.23. The maximum Gasteiger partial charge on any atom is 0.312 e. The quantitative estimate of drug-likeness (QED) is 0.368. The Bertz CT molecular complexity index is 1240. The summed E-state index contributed by atoms with van der Waals surface area (Å²) in [6, 6.07) is 9.21. The highest BCUT2D eigenvalue weighted by Crippen LogP contribution is 2.40. The molecule has 0 amide bonds. The number of esters is 1. The maximum atomic E-state index is 12.8. The summed E-state index contributed by atoms with van der Waals surface area (Å²) in [5.41, 5.74) is 1.19. The Labute approximate surface area is 170 Å². The molecule has 154 valence electrons. The van der Waals surface area contributed by atoms with E-state index in [1.807, 2.05) is 0 Å². The van der Waals surface area contributed by atoms with Crippen LogP contribution in [0.3, 0.4) is 0 Å². The van der Waals surface area contributed by atoms with Crippen LogP contribution in [-0.2, 0) is 11.8 Å². The molecule has 4 rings (SSSR count). The number of hydrogen-bond acceptors (Lipinski definition) is 7. The van der Waals surface area contributed by atoms with E-state index in [9.17, 15) is 19.7 Å². The van der Waals surface area contributed by atoms with Crippen molar-refractivity contribution in [1.29, 1.82) is 0 Å². The number of furan rings is 1. The summed E-state index contributed by atoms with van der Waals surface area (Å²) in [5, 5.41) is 11.0. The van der Waals surface area contributed by atoms with Crippen molar-refractivity contribution in [3.05, 3.63) is 73.9 Å². The predicted molar refractivity (Wildman–Crippen MR) is 106 cm³/mol. The van der Waals surface area contributed by atoms with Gasteiger partial charge in [-0.3, -0.25) is 19.7 Å². The van der Waals surface area contributed by atoms with E-state index in [0.717, 1.165) is 0 Å². The van der Waals surface area contributed by atoms with Gasteiger partial charge in [0.05, 0.1) is 41.6 Å². The molecule has 0 aliphatic carbocycles. The molecule has 0 saturated heterocycles. The number of nitro groups is 1. The normalized spacial score (nSPS) is 15.4. The van der Waals surface area contributed by atoms with Crippen LogP contribution >= 0.6 is 0 Å². The van der Waals surface area contributed by atoms with Crippen LogP contribution in [0.1, 0.15) is 29.4 Å². The molecule has 3 heterocycles. The second-order valence-electron chi connectivity index (χ2n) is 7.00. The minimum absolute atomic E-state index is 0.0321. The topological polar surface area (TPSA) is 114 Å². The first-order chi connectivity index (χ1) is 14.3. The van der Waals surface area contributed by atoms with Gasteiger partial charge in [-0.1, -0.05) is 0 Å². The smallest absolute Gasteiger partial charge is 0.312 e. The summed E-state index contributed by atoms with van der Waals surface area (Å²) in [6.07, 6.45) is -0.0321. The van der Waals surface area contributed by atoms with Crippen LogP contribution in [0.25, 0.3) is 11.3 Å². The van der Waals surface area contributed by atoms with Crippen molar-refractivity contribution >= 4 is 11.7 Å². The van der Waals surface area contributed by atoms with Crippen molar-refractivity contribution in [2.24, 2.45) is 7.05 Å². The van der Waals surface area contributed by atoms with Crippen LogP contribution in [0.5, 0.6) is 11.5 Å². The second kappa shape index (κ2) is 7.18. The lowest BCUT2D eigenvalue weighted by molar-refractivity contribution is -0.384. The van der Waals surface area contributed by atoms with Gasteiger partial charge >= 0.3 is 5.97 Å². The predicted octanol–water partition coefficient (Wildman–Crippen LogP) is 3.31. The van der Waals surface area contributed by atoms with Crippen molar-refractivity contribution < 1.29 is 23.6 Å². The van der Waals surface area contributed by atoms with Gasteiger partial charge in [0.15, 0.2) is 0 Å². The molecular formula is C21H18N2O7. The van der Waals surface area contributed by atoms with E-state index >= 15 is 0 Å². The van der Waals surface area contributed by atoms with Gasteiger partial charge in [0.25, 0.3) is 11.2 Å². The molecule has 1 aromatic carbocycles. The highest BCUT2D eigenvalue weighted by Gasteiger charge is 2.34. The van der Waals surface area contributed by atoms with Crippen LogP contribution < -0.4 is 15.0 Å². The van der Waals surface area contributed by atoms with Crippen LogP contribution in [0.15, 0.2) is 45.6 Å². The highest BCUT2D eigenvalue weighted by molar-refractivity contribution is 5.77. The van der Waals surface area contributed by atoms with Gasteiger partial charge in [-0.05, 0) is 25.1 Å². The molecule has 9 heteroatoms. The van der Waals surface area contributed by atoms with Gasteiger partial charge in [-0.15, -0.1) is 0 Å². The molecule has 0 bridgehead atoms. The zero-order valence-electron chi connectivity index (χ0n) is 16.5. The number of methoxy groups -OCH3 is 1. The SMILES string of the molecule is COc1cc([N+](=O)[O-])ccc1-c1ccc([C@H]2CC(=O)Oc3cc(C)n(C)c(=O)c32)o1. The van der Waals surface area contributed by atoms with Crippen molar-refractivity contribution in [2.45, 2.75) is 19.3 Å². The number of non-ortho nitro benzene ring substituents is 1. The number of carbonyl (C=O) groups excluding carboxylic acids is 1. The molecule has 2 aromatic heterocycles. The van der Waals surface area contributed by atoms with Crippen LogP contribution in [-0.4, -0.2) is 22.6 Å². The molecule has 0 N–H and O–H groups in total. The van der Waals surface area contributed by atoms with E-state index < -0.39 is 16.8 Å². The summed E-state index contributed by atoms with van der Waals surface area (Å²) >= 11 is 0. The Morgan fingerprint density at radius 3 is 2.67 bits per heavy atom. The van der Waals surface area contributed by atoms with Gasteiger partial charge in [0.1, 0.15) is 23.0 Å². The minimum Gasteiger partial charge on any atom is -0.496 e. The minimum atomic E-state index is -0.599. The van der Waals surface area contributed by atoms with Gasteiger partial charge in [0, 0.05) is 24.9 Å². The number of fused-ring (bicyclic) bond motifs is 1. The number of carbonyl (C=O) groups is 1. The molecular weight excluding hydrogens is 392 g/mol. The number of aromatic nitrogens is 1. The molecule has 0 fully saturated rings. The van der Waals surface area contributed by atoms with Gasteiger partial charge in [0.2, 0.25) is 0 Å². The van der Waals surface area contributed by atoms with Gasteiger partial charge in [-0.25, -0.2) is 0 Å². The molecule has 0 saturated carbocycles. The molecule has 3 aromatic rings. The number of rotatable bonds is 4. The number of benzene rings is 1. The molecule has 1 aliphatic rings. The standard InChI is InChI=1S/C21H18N2O7/c1-11-8-18-20(21(25)22(11)2)14(10-19(24)30-18)16-7-6-15(29-16)13-5-4-12(23(26)27)9-17(13)28-3/h4-9,14H,10H2,1-3H3/t14-/m1/s1. The first-order valence-electron chi connectivity index (χ1n) is 9.14. The molecule has 0 spiro atoms. The molecule has 1 atom stereocenters. The largest absolute Gasteiger partial charge is 0.496 e. The first-order valence-corrected chi connectivity index (χ1v) is 9.14. The average molecular weight is 410 g/mol. The Morgan fingerprint density at radius 2 is 1.97 bits per heavy atom. The molecule has 9 nitrogen and oxygen atoms in total. The highest BCUT2D eigenvalue weighted by atomic mass is 16.6. The molecule has 30 heavy (non-hydrogen) atoms. The van der Waals surface area contributed by atoms with E-state index in [-0.39, 0.29) is 29.2 Å². The van der Waals surface area contributed by atoms with Crippen molar-refractivity contribution in [3.63, 3.8) is 0 Å². The van der Waals surface area contributed by atoms with Gasteiger partial charge in [-0.2, -0.15) is 0 Å². The molecule has 1 aliphatic heterocycles. The third-order valence-corrected chi connectivity index (χ3v) is 5.24. The Balaban J connectivity index is 1.80. The Morgan fingerprint density at radius 1 is 1.20 bits per heavy atom. The number of aryl methyl sites for hydroxylation is 1. The van der Waals surface area contributed by atoms with Crippen molar-refractivity contribution in [2.75, 3.05) is 7.11 Å². The summed E-state index contributed by atoms with van der Waals surface area (Å²) < 4.78 is 18.0. The Hall–Kier alpha value is -3.88. The van der Waals surface area contributed by atoms with Gasteiger partial charge < -0.3 is 18.5 Å². The maximum absolute atomic E-state index is 12.8. The van der Waals surface area contributed by atoms with E-state index in [0.29, 0.717) is 28.3 Å². The van der Waals surface area contributed by atoms with E-state index in [2.05, 4.69) is 0 Å². The zero-order valence-corrected chi connectivity index (χ0v) is 16.5. The second-order valence-corrected chi connectivity index (χ2v) is 7.00. The fourth-order valence-electron chi connectivity index (χ4n) is 3.57. The summed E-state index contributed by atoms with van der Waals surface area (Å²) in [6.45, 7) is 1.75. The number of nitrogens with zero attached hydrogens (tertiary/aromatic N) is 2. The lowest BCUT2D eigenvalue weighted by atomic mass is 9.91. The fourth-order valence-corrected chi connectivity index (χ4v) is 3.57. The summed E-state index contributed by atoms with van der Waals surface area (Å²) in [4.78, 5) is 35.5. The summed E-state index contributed by atoms with van der Waals surface area (Å²) in [5.74, 6) is 0.289. The monoisotopic (exact) mass is 410 g/mol. The van der Waals surface area contributed by atoms with Crippen LogP contribution in [0.4, 0.5) is 5.69 Å². The van der Waals surface area contributed by atoms with Crippen LogP contribution in [0.2, 0.25) is 0 Å². The number of nitro benzene ring substituents is 1. The van der Waals surface area contributed by atoms with Crippen molar-refractivity contribution in [1.82, 2.24) is 4.57 Å². The van der Waals surface area contributed by atoms with Crippen LogP contribution in [0, 0.1) is 17.0 Å². The number of pyridine rings is 1. The first kappa shape index (κ1) is 19.4. The Kier molecular flexibility index (Phi) is 4.65. The van der Waals surface area contributed by atoms with E-state index in [1.54, 1.807) is 32.2 Å². The third kappa shape index (κ3) is 3.14. The number of ether oxygens (including phenoxy) is 2. The van der Waals surface area contributed by atoms with E-state index in [1.165, 1.54) is 29.9 Å². The van der Waals surface area contributed by atoms with E-state index in [4.69, 9.17) is 13.9 Å². The molecule has 0 unspecified atom stereocenters. The van der Waals surface area contributed by atoms with Crippen molar-refractivity contribution in [3.8, 4) is 22.8 Å². The summed E-state index contributed by atoms with van der Waals surface area (Å²) in [7, 11) is 3.06. The third-order valence-electron chi connectivity index (χ3n) is 5.24. The lowest BCUT2D eigenvalue weighted by Crippen LogP contribution is -2.31. The molecule has 0 radical (unpaired) electrons.